The fraction of sp³-hybridized carbons (Fsp3) is 0.342. The van der Waals surface area contributed by atoms with Crippen LogP contribution in [0.3, 0.4) is 0 Å². The molecular formula is C38H41ClN6O3. The minimum absolute atomic E-state index is 0.0615. The molecule has 0 bridgehead atoms. The summed E-state index contributed by atoms with van der Waals surface area (Å²) in [7, 11) is 4.08. The van der Waals surface area contributed by atoms with E-state index in [1.165, 1.54) is 0 Å². The highest BCUT2D eigenvalue weighted by atomic mass is 35.5. The summed E-state index contributed by atoms with van der Waals surface area (Å²) in [5.41, 5.74) is 5.33. The molecule has 2 aliphatic rings. The lowest BCUT2D eigenvalue weighted by atomic mass is 9.90. The van der Waals surface area contributed by atoms with Crippen LogP contribution in [0.4, 0.5) is 5.69 Å². The molecule has 3 N–H and O–H groups in total. The number of carbonyl (C=O) groups is 3. The molecule has 7 rings (SSSR count). The van der Waals surface area contributed by atoms with Crippen molar-refractivity contribution in [1.29, 1.82) is 0 Å². The summed E-state index contributed by atoms with van der Waals surface area (Å²) in [6.45, 7) is 2.32. The van der Waals surface area contributed by atoms with Gasteiger partial charge in [-0.25, -0.2) is 0 Å². The summed E-state index contributed by atoms with van der Waals surface area (Å²) in [6.07, 6.45) is 4.17. The number of fused-ring (bicyclic) bond motifs is 3. The van der Waals surface area contributed by atoms with Gasteiger partial charge < -0.3 is 30.0 Å². The van der Waals surface area contributed by atoms with Crippen LogP contribution >= 0.6 is 11.6 Å². The largest absolute Gasteiger partial charge is 0.361 e. The number of carbonyl (C=O) groups excluding carboxylic acids is 3. The Morgan fingerprint density at radius 3 is 2.50 bits per heavy atom. The summed E-state index contributed by atoms with van der Waals surface area (Å²) in [4.78, 5) is 54.2. The predicted octanol–water partition coefficient (Wildman–Crippen LogP) is 5.65. The van der Waals surface area contributed by atoms with Crippen molar-refractivity contribution < 1.29 is 14.4 Å². The number of para-hydroxylation sites is 2. The lowest BCUT2D eigenvalue weighted by Crippen LogP contribution is -2.54. The Balaban J connectivity index is 1.10. The number of nitrogens with one attached hydrogen (secondary N) is 3. The Bertz CT molecular complexity index is 1940. The van der Waals surface area contributed by atoms with E-state index in [1.807, 2.05) is 103 Å². The standard InChI is InChI=1S/C38H41ClN6O3/c1-43(2)22-24-17-27-18-29(39)11-12-35(27)45(23-24)38(48)34(20-28-21-40-32-10-6-4-8-30(28)32)42-36(46)25-13-15-44(16-14-25)37(47)33-19-26-7-3-5-9-31(26)41-33/h3-12,18-19,21,24-25,34,40-41H,13-17,20,22-23H2,1-2H3,(H,42,46)/t24-,34-/m1/s1. The minimum atomic E-state index is -0.774. The van der Waals surface area contributed by atoms with E-state index in [1.54, 1.807) is 0 Å². The third-order valence-electron chi connectivity index (χ3n) is 9.80. The molecule has 0 unspecified atom stereocenters. The molecule has 0 radical (unpaired) electrons. The van der Waals surface area contributed by atoms with E-state index in [9.17, 15) is 14.4 Å². The molecule has 248 valence electrons. The van der Waals surface area contributed by atoms with Crippen LogP contribution in [0.2, 0.25) is 5.02 Å². The van der Waals surface area contributed by atoms with Gasteiger partial charge in [0.25, 0.3) is 5.91 Å². The van der Waals surface area contributed by atoms with Crippen LogP contribution in [0.1, 0.15) is 34.5 Å². The molecule has 0 aliphatic carbocycles. The van der Waals surface area contributed by atoms with Crippen LogP contribution < -0.4 is 10.2 Å². The van der Waals surface area contributed by atoms with Gasteiger partial charge in [0.15, 0.2) is 0 Å². The van der Waals surface area contributed by atoms with Crippen molar-refractivity contribution in [2.45, 2.75) is 31.7 Å². The molecule has 9 nitrogen and oxygen atoms in total. The zero-order valence-corrected chi connectivity index (χ0v) is 28.1. The topological polar surface area (TPSA) is 105 Å². The normalized spacial score (nSPS) is 17.5. The second-order valence-electron chi connectivity index (χ2n) is 13.5. The molecule has 10 heteroatoms. The number of piperidine rings is 1. The van der Waals surface area contributed by atoms with Crippen molar-refractivity contribution in [3.63, 3.8) is 0 Å². The smallest absolute Gasteiger partial charge is 0.270 e. The molecule has 3 amide bonds. The Labute approximate surface area is 285 Å². The predicted molar refractivity (Wildman–Crippen MR) is 190 cm³/mol. The molecule has 0 saturated carbocycles. The van der Waals surface area contributed by atoms with Crippen LogP contribution in [0.5, 0.6) is 0 Å². The summed E-state index contributed by atoms with van der Waals surface area (Å²) < 4.78 is 0. The summed E-state index contributed by atoms with van der Waals surface area (Å²) >= 11 is 6.41. The molecule has 3 aromatic carbocycles. The van der Waals surface area contributed by atoms with E-state index in [4.69, 9.17) is 11.6 Å². The van der Waals surface area contributed by atoms with Crippen molar-refractivity contribution in [2.75, 3.05) is 45.2 Å². The van der Waals surface area contributed by atoms with Gasteiger partial charge in [-0.05, 0) is 86.8 Å². The molecule has 2 atom stereocenters. The number of halogens is 1. The first kappa shape index (κ1) is 32.0. The second-order valence-corrected chi connectivity index (χ2v) is 14.0. The Kier molecular flexibility index (Phi) is 8.98. The van der Waals surface area contributed by atoms with E-state index in [0.717, 1.165) is 51.6 Å². The van der Waals surface area contributed by atoms with Gasteiger partial charge in [-0.3, -0.25) is 14.4 Å². The number of rotatable bonds is 8. The van der Waals surface area contributed by atoms with Gasteiger partial charge in [0, 0.05) is 77.2 Å². The van der Waals surface area contributed by atoms with Gasteiger partial charge in [-0.2, -0.15) is 0 Å². The number of nitrogens with zero attached hydrogens (tertiary/aromatic N) is 3. The van der Waals surface area contributed by atoms with Crippen LogP contribution in [0.25, 0.3) is 21.8 Å². The van der Waals surface area contributed by atoms with E-state index in [0.29, 0.717) is 49.6 Å². The van der Waals surface area contributed by atoms with Gasteiger partial charge in [0.1, 0.15) is 11.7 Å². The van der Waals surface area contributed by atoms with E-state index < -0.39 is 6.04 Å². The fourth-order valence-electron chi connectivity index (χ4n) is 7.46. The highest BCUT2D eigenvalue weighted by Gasteiger charge is 2.36. The second kappa shape index (κ2) is 13.5. The molecule has 5 aromatic rings. The quantitative estimate of drug-likeness (QED) is 0.200. The molecule has 4 heterocycles. The monoisotopic (exact) mass is 664 g/mol. The van der Waals surface area contributed by atoms with Crippen LogP contribution in [-0.4, -0.2) is 83.8 Å². The number of aromatic nitrogens is 2. The van der Waals surface area contributed by atoms with Crippen molar-refractivity contribution in [1.82, 2.24) is 25.1 Å². The van der Waals surface area contributed by atoms with Crippen molar-refractivity contribution in [3.8, 4) is 0 Å². The first-order valence-electron chi connectivity index (χ1n) is 16.7. The number of hydrogen-bond acceptors (Lipinski definition) is 4. The van der Waals surface area contributed by atoms with Gasteiger partial charge in [0.2, 0.25) is 11.8 Å². The highest BCUT2D eigenvalue weighted by molar-refractivity contribution is 6.30. The first-order chi connectivity index (χ1) is 23.2. The molecular weight excluding hydrogens is 624 g/mol. The zero-order chi connectivity index (χ0) is 33.4. The maximum absolute atomic E-state index is 14.6. The van der Waals surface area contributed by atoms with Gasteiger partial charge >= 0.3 is 0 Å². The van der Waals surface area contributed by atoms with Crippen molar-refractivity contribution in [2.24, 2.45) is 11.8 Å². The number of aromatic amines is 2. The number of likely N-dealkylation sites (tertiary alicyclic amines) is 1. The van der Waals surface area contributed by atoms with E-state index in [-0.39, 0.29) is 29.6 Å². The van der Waals surface area contributed by atoms with Crippen molar-refractivity contribution in [3.05, 3.63) is 101 Å². The molecule has 2 aliphatic heterocycles. The van der Waals surface area contributed by atoms with E-state index >= 15 is 0 Å². The lowest BCUT2D eigenvalue weighted by molar-refractivity contribution is -0.131. The first-order valence-corrected chi connectivity index (χ1v) is 17.1. The van der Waals surface area contributed by atoms with Gasteiger partial charge in [0.05, 0.1) is 0 Å². The third kappa shape index (κ3) is 6.57. The molecule has 2 aromatic heterocycles. The number of amides is 3. The Morgan fingerprint density at radius 1 is 0.979 bits per heavy atom. The Hall–Kier alpha value is -4.60. The number of anilines is 1. The van der Waals surface area contributed by atoms with Crippen LogP contribution in [0, 0.1) is 11.8 Å². The summed E-state index contributed by atoms with van der Waals surface area (Å²) in [5.74, 6) is -0.424. The maximum atomic E-state index is 14.6. The molecule has 48 heavy (non-hydrogen) atoms. The molecule has 0 spiro atoms. The molecule has 1 saturated heterocycles. The van der Waals surface area contributed by atoms with Crippen molar-refractivity contribution >= 4 is 56.8 Å². The minimum Gasteiger partial charge on any atom is -0.361 e. The highest BCUT2D eigenvalue weighted by Crippen LogP contribution is 2.33. The summed E-state index contributed by atoms with van der Waals surface area (Å²) in [6, 6.07) is 22.6. The average molecular weight is 665 g/mol. The van der Waals surface area contributed by atoms with E-state index in [2.05, 4.69) is 20.2 Å². The number of benzene rings is 3. The third-order valence-corrected chi connectivity index (χ3v) is 10.0. The SMILES string of the molecule is CN(C)C[C@H]1Cc2cc(Cl)ccc2N(C(=O)[C@@H](Cc2c[nH]c3ccccc23)NC(=O)C2CCN(C(=O)c3cc4ccccc4[nH]3)CC2)C1. The number of hydrogen-bond donors (Lipinski definition) is 3. The summed E-state index contributed by atoms with van der Waals surface area (Å²) in [5, 5.41) is 5.86. The zero-order valence-electron chi connectivity index (χ0n) is 27.3. The molecule has 1 fully saturated rings. The van der Waals surface area contributed by atoms with Crippen LogP contribution in [0.15, 0.2) is 79.0 Å². The maximum Gasteiger partial charge on any atom is 0.270 e. The number of H-pyrrole nitrogens is 2. The average Bonchev–Trinajstić information content (AvgIpc) is 3.71. The Morgan fingerprint density at radius 2 is 1.73 bits per heavy atom. The lowest BCUT2D eigenvalue weighted by Gasteiger charge is -2.38. The van der Waals surface area contributed by atoms with Gasteiger partial charge in [-0.15, -0.1) is 0 Å². The fourth-order valence-corrected chi connectivity index (χ4v) is 7.66. The van der Waals surface area contributed by atoms with Gasteiger partial charge in [-0.1, -0.05) is 48.0 Å². The van der Waals surface area contributed by atoms with Crippen LogP contribution in [-0.2, 0) is 22.4 Å².